The van der Waals surface area contributed by atoms with Gasteiger partial charge < -0.3 is 4.90 Å². The Kier molecular flexibility index (Phi) is 5.69. The monoisotopic (exact) mass is 424 g/mol. The summed E-state index contributed by atoms with van der Waals surface area (Å²) in [6, 6.07) is 11.9. The van der Waals surface area contributed by atoms with Gasteiger partial charge in [0.05, 0.1) is 21.5 Å². The van der Waals surface area contributed by atoms with Crippen molar-refractivity contribution in [3.8, 4) is 0 Å². The molecule has 0 N–H and O–H groups in total. The number of benzene rings is 2. The quantitative estimate of drug-likeness (QED) is 0.548. The SMILES string of the molecule is CN1CCc2ccccc2C1C1CCN(C(=O)c2cc([N+](=O)[O-])cc([N+](=O)[O-])c2)CC1. The van der Waals surface area contributed by atoms with Crippen LogP contribution >= 0.6 is 0 Å². The molecule has 9 nitrogen and oxygen atoms in total. The number of hydrogen-bond donors (Lipinski definition) is 0. The van der Waals surface area contributed by atoms with Gasteiger partial charge in [-0.3, -0.25) is 29.9 Å². The Labute approximate surface area is 179 Å². The topological polar surface area (TPSA) is 110 Å². The Morgan fingerprint density at radius 2 is 1.58 bits per heavy atom. The highest BCUT2D eigenvalue weighted by Gasteiger charge is 2.35. The van der Waals surface area contributed by atoms with E-state index in [1.165, 1.54) is 11.1 Å². The van der Waals surface area contributed by atoms with Gasteiger partial charge in [0.15, 0.2) is 0 Å². The number of rotatable bonds is 4. The Bertz CT molecular complexity index is 1000. The molecule has 2 heterocycles. The molecule has 0 aliphatic carbocycles. The second-order valence-electron chi connectivity index (χ2n) is 8.26. The predicted molar refractivity (Wildman–Crippen MR) is 114 cm³/mol. The first-order valence-corrected chi connectivity index (χ1v) is 10.4. The highest BCUT2D eigenvalue weighted by molar-refractivity contribution is 5.95. The third kappa shape index (κ3) is 4.13. The Morgan fingerprint density at radius 3 is 2.19 bits per heavy atom. The van der Waals surface area contributed by atoms with E-state index in [0.29, 0.717) is 25.0 Å². The minimum Gasteiger partial charge on any atom is -0.339 e. The van der Waals surface area contributed by atoms with Gasteiger partial charge in [0.1, 0.15) is 0 Å². The van der Waals surface area contributed by atoms with Crippen LogP contribution in [0.4, 0.5) is 11.4 Å². The van der Waals surface area contributed by atoms with Gasteiger partial charge in [-0.1, -0.05) is 24.3 Å². The molecule has 1 fully saturated rings. The lowest BCUT2D eigenvalue weighted by Crippen LogP contribution is -2.44. The minimum absolute atomic E-state index is 0.0144. The molecule has 4 rings (SSSR count). The maximum atomic E-state index is 13.0. The van der Waals surface area contributed by atoms with Crippen LogP contribution in [0.15, 0.2) is 42.5 Å². The van der Waals surface area contributed by atoms with Crippen LogP contribution in [-0.2, 0) is 6.42 Å². The number of nitro groups is 2. The summed E-state index contributed by atoms with van der Waals surface area (Å²) in [7, 11) is 2.14. The molecule has 0 bridgehead atoms. The van der Waals surface area contributed by atoms with Crippen LogP contribution in [0.3, 0.4) is 0 Å². The third-order valence-electron chi connectivity index (χ3n) is 6.43. The first kappa shape index (κ1) is 20.9. The summed E-state index contributed by atoms with van der Waals surface area (Å²) in [6.07, 6.45) is 2.66. The zero-order valence-corrected chi connectivity index (χ0v) is 17.3. The number of likely N-dealkylation sites (N-methyl/N-ethyl adjacent to an activating group) is 1. The molecule has 0 spiro atoms. The van der Waals surface area contributed by atoms with E-state index >= 15 is 0 Å². The number of non-ortho nitro benzene ring substituents is 2. The van der Waals surface area contributed by atoms with Gasteiger partial charge >= 0.3 is 0 Å². The molecule has 2 aromatic carbocycles. The number of carbonyl (C=O) groups is 1. The van der Waals surface area contributed by atoms with E-state index in [4.69, 9.17) is 0 Å². The largest absolute Gasteiger partial charge is 0.339 e. The first-order chi connectivity index (χ1) is 14.8. The van der Waals surface area contributed by atoms with E-state index in [9.17, 15) is 25.0 Å². The summed E-state index contributed by atoms with van der Waals surface area (Å²) in [5.74, 6) is -0.00223. The number of hydrogen-bond acceptors (Lipinski definition) is 6. The fourth-order valence-electron chi connectivity index (χ4n) is 4.87. The summed E-state index contributed by atoms with van der Waals surface area (Å²) < 4.78 is 0. The van der Waals surface area contributed by atoms with E-state index in [1.807, 2.05) is 0 Å². The molecule has 2 aromatic rings. The van der Waals surface area contributed by atoms with Crippen LogP contribution in [0.25, 0.3) is 0 Å². The average molecular weight is 424 g/mol. The number of piperidine rings is 1. The molecule has 0 radical (unpaired) electrons. The molecule has 0 saturated carbocycles. The molecule has 0 aromatic heterocycles. The molecule has 1 saturated heterocycles. The van der Waals surface area contributed by atoms with Crippen LogP contribution < -0.4 is 0 Å². The van der Waals surface area contributed by atoms with Crippen molar-refractivity contribution >= 4 is 17.3 Å². The van der Waals surface area contributed by atoms with Gasteiger partial charge in [0.25, 0.3) is 17.3 Å². The van der Waals surface area contributed by atoms with E-state index < -0.39 is 27.1 Å². The van der Waals surface area contributed by atoms with Gasteiger partial charge in [-0.25, -0.2) is 0 Å². The van der Waals surface area contributed by atoms with Gasteiger partial charge in [0.2, 0.25) is 0 Å². The zero-order valence-electron chi connectivity index (χ0n) is 17.3. The number of nitrogens with zero attached hydrogens (tertiary/aromatic N) is 4. The lowest BCUT2D eigenvalue weighted by atomic mass is 9.80. The number of carbonyl (C=O) groups excluding carboxylic acids is 1. The lowest BCUT2D eigenvalue weighted by molar-refractivity contribution is -0.394. The fraction of sp³-hybridized carbons (Fsp3) is 0.409. The molecular weight excluding hydrogens is 400 g/mol. The van der Waals surface area contributed by atoms with Crippen LogP contribution in [0.5, 0.6) is 0 Å². The van der Waals surface area contributed by atoms with Crippen molar-refractivity contribution in [1.82, 2.24) is 9.80 Å². The van der Waals surface area contributed by atoms with Crippen molar-refractivity contribution in [2.75, 3.05) is 26.7 Å². The maximum absolute atomic E-state index is 13.0. The Morgan fingerprint density at radius 1 is 0.968 bits per heavy atom. The molecule has 31 heavy (non-hydrogen) atoms. The molecule has 9 heteroatoms. The van der Waals surface area contributed by atoms with E-state index in [1.54, 1.807) is 4.90 Å². The average Bonchev–Trinajstić information content (AvgIpc) is 2.78. The number of nitro benzene ring substituents is 2. The summed E-state index contributed by atoms with van der Waals surface area (Å²) in [6.45, 7) is 2.04. The minimum atomic E-state index is -0.716. The van der Waals surface area contributed by atoms with Crippen LogP contribution in [0.1, 0.15) is 40.4 Å². The zero-order chi connectivity index (χ0) is 22.1. The first-order valence-electron chi connectivity index (χ1n) is 10.4. The molecule has 162 valence electrons. The van der Waals surface area contributed by atoms with Crippen molar-refractivity contribution < 1.29 is 14.6 Å². The third-order valence-corrected chi connectivity index (χ3v) is 6.43. The highest BCUT2D eigenvalue weighted by atomic mass is 16.6. The smallest absolute Gasteiger partial charge is 0.277 e. The van der Waals surface area contributed by atoms with E-state index in [-0.39, 0.29) is 5.56 Å². The van der Waals surface area contributed by atoms with Crippen molar-refractivity contribution in [2.24, 2.45) is 5.92 Å². The van der Waals surface area contributed by atoms with Gasteiger partial charge in [-0.15, -0.1) is 0 Å². The van der Waals surface area contributed by atoms with Crippen molar-refractivity contribution in [1.29, 1.82) is 0 Å². The fourth-order valence-corrected chi connectivity index (χ4v) is 4.87. The summed E-state index contributed by atoms with van der Waals surface area (Å²) >= 11 is 0. The standard InChI is InChI=1S/C22H24N4O5/c1-23-9-6-15-4-2-3-5-20(15)21(23)16-7-10-24(11-8-16)22(27)17-12-18(25(28)29)14-19(13-17)26(30)31/h2-5,12-14,16,21H,6-11H2,1H3. The number of fused-ring (bicyclic) bond motifs is 1. The van der Waals surface area contributed by atoms with E-state index in [2.05, 4.69) is 36.2 Å². The second-order valence-corrected chi connectivity index (χ2v) is 8.26. The molecule has 2 aliphatic heterocycles. The Hall–Kier alpha value is -3.33. The molecular formula is C22H24N4O5. The summed E-state index contributed by atoms with van der Waals surface area (Å²) in [4.78, 5) is 37.8. The van der Waals surface area contributed by atoms with Crippen molar-refractivity contribution in [3.05, 3.63) is 79.4 Å². The normalized spacial score (nSPS) is 19.6. The van der Waals surface area contributed by atoms with Crippen molar-refractivity contribution in [3.63, 3.8) is 0 Å². The van der Waals surface area contributed by atoms with Gasteiger partial charge in [0, 0.05) is 37.8 Å². The molecule has 1 unspecified atom stereocenters. The van der Waals surface area contributed by atoms with Crippen molar-refractivity contribution in [2.45, 2.75) is 25.3 Å². The second kappa shape index (κ2) is 8.43. The predicted octanol–water partition coefficient (Wildman–Crippen LogP) is 3.58. The van der Waals surface area contributed by atoms with Gasteiger partial charge in [-0.05, 0) is 43.4 Å². The van der Waals surface area contributed by atoms with Crippen LogP contribution in [-0.4, -0.2) is 52.2 Å². The summed E-state index contributed by atoms with van der Waals surface area (Å²) in [5.41, 5.74) is 1.82. The number of amides is 1. The van der Waals surface area contributed by atoms with Crippen LogP contribution in [0, 0.1) is 26.1 Å². The van der Waals surface area contributed by atoms with E-state index in [0.717, 1.165) is 44.0 Å². The number of likely N-dealkylation sites (tertiary alicyclic amines) is 1. The molecule has 1 amide bonds. The van der Waals surface area contributed by atoms with Gasteiger partial charge in [-0.2, -0.15) is 0 Å². The maximum Gasteiger partial charge on any atom is 0.277 e. The van der Waals surface area contributed by atoms with Crippen LogP contribution in [0.2, 0.25) is 0 Å². The summed E-state index contributed by atoms with van der Waals surface area (Å²) in [5, 5.41) is 22.3. The molecule has 2 aliphatic rings. The Balaban J connectivity index is 1.50. The highest BCUT2D eigenvalue weighted by Crippen LogP contribution is 2.39. The molecule has 1 atom stereocenters. The lowest BCUT2D eigenvalue weighted by Gasteiger charge is -2.43.